The Bertz CT molecular complexity index is 240. The van der Waals surface area contributed by atoms with E-state index in [9.17, 15) is 0 Å². The van der Waals surface area contributed by atoms with Crippen LogP contribution in [0.4, 0.5) is 0 Å². The third-order valence-corrected chi connectivity index (χ3v) is 1.60. The molecule has 1 aliphatic rings. The van der Waals surface area contributed by atoms with Crippen LogP contribution in [0.2, 0.25) is 0 Å². The van der Waals surface area contributed by atoms with Crippen LogP contribution in [-0.4, -0.2) is 4.90 Å². The van der Waals surface area contributed by atoms with Gasteiger partial charge in [0.2, 0.25) is 0 Å². The Balaban J connectivity index is 2.97. The highest BCUT2D eigenvalue weighted by atomic mass is 15.1. The first-order chi connectivity index (χ1) is 5.25. The molecule has 1 heteroatoms. The first-order valence-electron chi connectivity index (χ1n) is 3.69. The second-order valence-corrected chi connectivity index (χ2v) is 2.68. The summed E-state index contributed by atoms with van der Waals surface area (Å²) in [6, 6.07) is 0. The highest BCUT2D eigenvalue weighted by Crippen LogP contribution is 2.15. The highest BCUT2D eigenvalue weighted by molar-refractivity contribution is 5.32. The lowest BCUT2D eigenvalue weighted by Gasteiger charge is -2.20. The topological polar surface area (TPSA) is 3.24 Å². The first kappa shape index (κ1) is 7.86. The van der Waals surface area contributed by atoms with Crippen LogP contribution in [0.1, 0.15) is 13.8 Å². The SMILES string of the molecule is C=CN1C=CC=CC1=C(C)C. The summed E-state index contributed by atoms with van der Waals surface area (Å²) < 4.78 is 0. The minimum atomic E-state index is 1.21. The second kappa shape index (κ2) is 3.24. The molecule has 0 radical (unpaired) electrons. The van der Waals surface area contributed by atoms with E-state index in [2.05, 4.69) is 26.5 Å². The van der Waals surface area contributed by atoms with Crippen molar-refractivity contribution in [2.45, 2.75) is 13.8 Å². The van der Waals surface area contributed by atoms with Crippen LogP contribution in [0.25, 0.3) is 0 Å². The molecule has 1 aliphatic heterocycles. The van der Waals surface area contributed by atoms with Crippen LogP contribution < -0.4 is 0 Å². The smallest absolute Gasteiger partial charge is 0.0435 e. The van der Waals surface area contributed by atoms with Crippen molar-refractivity contribution in [1.29, 1.82) is 0 Å². The van der Waals surface area contributed by atoms with Gasteiger partial charge in [-0.05, 0) is 26.0 Å². The molecule has 0 aliphatic carbocycles. The molecule has 1 rings (SSSR count). The maximum absolute atomic E-state index is 3.72. The minimum absolute atomic E-state index is 1.21. The standard InChI is InChI=1S/C10H13N/c1-4-11-8-6-5-7-10(11)9(2)3/h4-8H,1H2,2-3H3. The van der Waals surface area contributed by atoms with Gasteiger partial charge >= 0.3 is 0 Å². The molecule has 0 fully saturated rings. The molecule has 1 nitrogen and oxygen atoms in total. The quantitative estimate of drug-likeness (QED) is 0.551. The summed E-state index contributed by atoms with van der Waals surface area (Å²) in [6.07, 6.45) is 9.91. The summed E-state index contributed by atoms with van der Waals surface area (Å²) in [4.78, 5) is 2.01. The second-order valence-electron chi connectivity index (χ2n) is 2.68. The zero-order valence-corrected chi connectivity index (χ0v) is 7.04. The van der Waals surface area contributed by atoms with Crippen LogP contribution in [0, 0.1) is 0 Å². The third-order valence-electron chi connectivity index (χ3n) is 1.60. The molecule has 0 saturated carbocycles. The number of allylic oxidation sites excluding steroid dienone is 4. The molecule has 0 spiro atoms. The normalized spacial score (nSPS) is 15.5. The number of nitrogens with zero attached hydrogens (tertiary/aromatic N) is 1. The lowest BCUT2D eigenvalue weighted by atomic mass is 10.2. The van der Waals surface area contributed by atoms with E-state index in [1.54, 1.807) is 0 Å². The molecule has 0 aromatic carbocycles. The van der Waals surface area contributed by atoms with Crippen molar-refractivity contribution in [3.05, 3.63) is 48.5 Å². The molecular weight excluding hydrogens is 134 g/mol. The summed E-state index contributed by atoms with van der Waals surface area (Å²) >= 11 is 0. The maximum Gasteiger partial charge on any atom is 0.0435 e. The van der Waals surface area contributed by atoms with Crippen LogP contribution in [0.5, 0.6) is 0 Å². The Labute approximate surface area is 68.0 Å². The summed E-state index contributed by atoms with van der Waals surface area (Å²) in [6.45, 7) is 7.91. The summed E-state index contributed by atoms with van der Waals surface area (Å²) in [7, 11) is 0. The molecule has 0 unspecified atom stereocenters. The van der Waals surface area contributed by atoms with Crippen molar-refractivity contribution < 1.29 is 0 Å². The van der Waals surface area contributed by atoms with Gasteiger partial charge in [0, 0.05) is 18.1 Å². The van der Waals surface area contributed by atoms with Crippen molar-refractivity contribution in [3.8, 4) is 0 Å². The Morgan fingerprint density at radius 3 is 2.64 bits per heavy atom. The van der Waals surface area contributed by atoms with Gasteiger partial charge in [0.25, 0.3) is 0 Å². The minimum Gasteiger partial charge on any atom is -0.325 e. The molecule has 0 atom stereocenters. The van der Waals surface area contributed by atoms with Gasteiger partial charge in [-0.15, -0.1) is 0 Å². The van der Waals surface area contributed by atoms with Crippen LogP contribution >= 0.6 is 0 Å². The third kappa shape index (κ3) is 1.61. The average molecular weight is 147 g/mol. The number of rotatable bonds is 1. The van der Waals surface area contributed by atoms with E-state index in [0.717, 1.165) is 0 Å². The molecule has 0 aromatic heterocycles. The van der Waals surface area contributed by atoms with E-state index in [0.29, 0.717) is 0 Å². The Morgan fingerprint density at radius 2 is 2.18 bits per heavy atom. The van der Waals surface area contributed by atoms with Gasteiger partial charge in [-0.1, -0.05) is 18.2 Å². The fraction of sp³-hybridized carbons (Fsp3) is 0.200. The highest BCUT2D eigenvalue weighted by Gasteiger charge is 2.02. The molecule has 1 heterocycles. The summed E-state index contributed by atoms with van der Waals surface area (Å²) in [5.41, 5.74) is 2.51. The molecular formula is C10H13N. The first-order valence-corrected chi connectivity index (χ1v) is 3.69. The van der Waals surface area contributed by atoms with Gasteiger partial charge < -0.3 is 4.90 Å². The fourth-order valence-electron chi connectivity index (χ4n) is 1.04. The van der Waals surface area contributed by atoms with E-state index in [4.69, 9.17) is 0 Å². The lowest BCUT2D eigenvalue weighted by molar-refractivity contribution is 0.638. The fourth-order valence-corrected chi connectivity index (χ4v) is 1.04. The molecule has 0 aromatic rings. The van der Waals surface area contributed by atoms with E-state index in [-0.39, 0.29) is 0 Å². The van der Waals surface area contributed by atoms with Crippen LogP contribution in [0.15, 0.2) is 48.5 Å². The average Bonchev–Trinajstić information content (AvgIpc) is 2.04. The van der Waals surface area contributed by atoms with Crippen molar-refractivity contribution in [2.24, 2.45) is 0 Å². The number of hydrogen-bond acceptors (Lipinski definition) is 1. The van der Waals surface area contributed by atoms with Gasteiger partial charge in [-0.25, -0.2) is 0 Å². The molecule has 11 heavy (non-hydrogen) atoms. The zero-order chi connectivity index (χ0) is 8.27. The van der Waals surface area contributed by atoms with Crippen molar-refractivity contribution >= 4 is 0 Å². The van der Waals surface area contributed by atoms with Gasteiger partial charge in [-0.3, -0.25) is 0 Å². The lowest BCUT2D eigenvalue weighted by Crippen LogP contribution is -2.09. The summed E-state index contributed by atoms with van der Waals surface area (Å²) in [5, 5.41) is 0. The van der Waals surface area contributed by atoms with Gasteiger partial charge in [0.05, 0.1) is 0 Å². The maximum atomic E-state index is 3.72. The van der Waals surface area contributed by atoms with E-state index < -0.39 is 0 Å². The van der Waals surface area contributed by atoms with Gasteiger partial charge in [-0.2, -0.15) is 0 Å². The van der Waals surface area contributed by atoms with Gasteiger partial charge in [0.1, 0.15) is 0 Å². The molecule has 0 amide bonds. The zero-order valence-electron chi connectivity index (χ0n) is 7.04. The van der Waals surface area contributed by atoms with E-state index in [1.165, 1.54) is 11.3 Å². The van der Waals surface area contributed by atoms with Crippen molar-refractivity contribution in [1.82, 2.24) is 4.90 Å². The Hall–Kier alpha value is -1.24. The molecule has 0 N–H and O–H groups in total. The monoisotopic (exact) mass is 147 g/mol. The number of hydrogen-bond donors (Lipinski definition) is 0. The molecule has 0 saturated heterocycles. The summed E-state index contributed by atoms with van der Waals surface area (Å²) in [5.74, 6) is 0. The largest absolute Gasteiger partial charge is 0.325 e. The van der Waals surface area contributed by atoms with Crippen molar-refractivity contribution in [2.75, 3.05) is 0 Å². The van der Waals surface area contributed by atoms with Crippen LogP contribution in [0.3, 0.4) is 0 Å². The molecule has 58 valence electrons. The van der Waals surface area contributed by atoms with Crippen molar-refractivity contribution in [3.63, 3.8) is 0 Å². The Morgan fingerprint density at radius 1 is 1.45 bits per heavy atom. The van der Waals surface area contributed by atoms with Gasteiger partial charge in [0.15, 0.2) is 0 Å². The van der Waals surface area contributed by atoms with E-state index >= 15 is 0 Å². The molecule has 0 bridgehead atoms. The van der Waals surface area contributed by atoms with Crippen LogP contribution in [-0.2, 0) is 0 Å². The van der Waals surface area contributed by atoms with E-state index in [1.807, 2.05) is 29.5 Å². The predicted molar refractivity (Wildman–Crippen MR) is 48.7 cm³/mol. The predicted octanol–water partition coefficient (Wildman–Crippen LogP) is 2.81. The Kier molecular flexibility index (Phi) is 2.32.